The quantitative estimate of drug-likeness (QED) is 0.796. The van der Waals surface area contributed by atoms with Crippen molar-refractivity contribution in [1.29, 1.82) is 0 Å². The van der Waals surface area contributed by atoms with Gasteiger partial charge in [0.15, 0.2) is 6.61 Å². The van der Waals surface area contributed by atoms with Crippen LogP contribution in [0.15, 0.2) is 48.5 Å². The molecule has 1 fully saturated rings. The Morgan fingerprint density at radius 2 is 2.00 bits per heavy atom. The van der Waals surface area contributed by atoms with E-state index in [-0.39, 0.29) is 24.4 Å². The lowest BCUT2D eigenvalue weighted by Gasteiger charge is -2.32. The molecular formula is C20H22FNO4. The lowest BCUT2D eigenvalue weighted by atomic mass is 10.2. The van der Waals surface area contributed by atoms with Crippen LogP contribution in [0, 0.1) is 12.7 Å². The van der Waals surface area contributed by atoms with Crippen molar-refractivity contribution in [3.63, 3.8) is 0 Å². The largest absolute Gasteiger partial charge is 0.491 e. The Labute approximate surface area is 152 Å². The molecule has 1 heterocycles. The molecule has 0 saturated carbocycles. The van der Waals surface area contributed by atoms with E-state index in [1.165, 1.54) is 12.1 Å². The molecule has 0 aliphatic carbocycles. The third-order valence-corrected chi connectivity index (χ3v) is 4.09. The topological polar surface area (TPSA) is 48.0 Å². The molecule has 3 rings (SSSR count). The highest BCUT2D eigenvalue weighted by atomic mass is 19.1. The van der Waals surface area contributed by atoms with Gasteiger partial charge in [0, 0.05) is 6.54 Å². The van der Waals surface area contributed by atoms with Gasteiger partial charge in [-0.3, -0.25) is 4.79 Å². The van der Waals surface area contributed by atoms with Crippen molar-refractivity contribution in [2.45, 2.75) is 13.0 Å². The zero-order valence-electron chi connectivity index (χ0n) is 14.7. The number of amides is 1. The van der Waals surface area contributed by atoms with Gasteiger partial charge in [-0.1, -0.05) is 12.1 Å². The first-order chi connectivity index (χ1) is 12.6. The Morgan fingerprint density at radius 3 is 2.77 bits per heavy atom. The summed E-state index contributed by atoms with van der Waals surface area (Å²) in [4.78, 5) is 14.1. The summed E-state index contributed by atoms with van der Waals surface area (Å²) in [5.74, 6) is 0.863. The number of morpholine rings is 1. The highest BCUT2D eigenvalue weighted by molar-refractivity contribution is 5.77. The maximum Gasteiger partial charge on any atom is 0.260 e. The molecule has 1 amide bonds. The molecule has 0 bridgehead atoms. The van der Waals surface area contributed by atoms with E-state index in [0.717, 1.165) is 5.56 Å². The van der Waals surface area contributed by atoms with Crippen LogP contribution in [-0.4, -0.2) is 49.8 Å². The SMILES string of the molecule is Cc1cccc(OCC(=O)N2CCOC(COc3ccc(F)cc3)C2)c1. The van der Waals surface area contributed by atoms with Gasteiger partial charge in [-0.05, 0) is 48.9 Å². The Hall–Kier alpha value is -2.60. The van der Waals surface area contributed by atoms with Crippen LogP contribution >= 0.6 is 0 Å². The van der Waals surface area contributed by atoms with Crippen molar-refractivity contribution >= 4 is 5.91 Å². The van der Waals surface area contributed by atoms with Gasteiger partial charge >= 0.3 is 0 Å². The number of rotatable bonds is 6. The molecule has 1 aliphatic rings. The van der Waals surface area contributed by atoms with Gasteiger partial charge in [-0.25, -0.2) is 4.39 Å². The monoisotopic (exact) mass is 359 g/mol. The smallest absolute Gasteiger partial charge is 0.260 e. The number of halogens is 1. The standard InChI is InChI=1S/C20H22FNO4/c1-15-3-2-4-18(11-15)26-14-20(23)22-9-10-24-19(12-22)13-25-17-7-5-16(21)6-8-17/h2-8,11,19H,9-10,12-14H2,1H3. The summed E-state index contributed by atoms with van der Waals surface area (Å²) in [5, 5.41) is 0. The van der Waals surface area contributed by atoms with Gasteiger partial charge in [0.1, 0.15) is 30.0 Å². The number of benzene rings is 2. The average molecular weight is 359 g/mol. The fourth-order valence-corrected chi connectivity index (χ4v) is 2.71. The second-order valence-corrected chi connectivity index (χ2v) is 6.20. The highest BCUT2D eigenvalue weighted by Crippen LogP contribution is 2.15. The maximum absolute atomic E-state index is 12.9. The lowest BCUT2D eigenvalue weighted by molar-refractivity contribution is -0.142. The van der Waals surface area contributed by atoms with Crippen molar-refractivity contribution in [1.82, 2.24) is 4.90 Å². The minimum atomic E-state index is -0.309. The first-order valence-corrected chi connectivity index (χ1v) is 8.57. The molecule has 5 nitrogen and oxygen atoms in total. The molecule has 0 spiro atoms. The molecule has 0 N–H and O–H groups in total. The number of carbonyl (C=O) groups is 1. The summed E-state index contributed by atoms with van der Waals surface area (Å²) < 4.78 is 29.7. The van der Waals surface area contributed by atoms with Gasteiger partial charge < -0.3 is 19.1 Å². The van der Waals surface area contributed by atoms with Crippen LogP contribution in [0.1, 0.15) is 5.56 Å². The first kappa shape index (κ1) is 18.2. The molecule has 138 valence electrons. The van der Waals surface area contributed by atoms with Crippen molar-refractivity contribution < 1.29 is 23.4 Å². The third kappa shape index (κ3) is 5.20. The van der Waals surface area contributed by atoms with Crippen LogP contribution in [0.5, 0.6) is 11.5 Å². The summed E-state index contributed by atoms with van der Waals surface area (Å²) in [6.45, 7) is 3.69. The Kier molecular flexibility index (Phi) is 6.07. The number of hydrogen-bond acceptors (Lipinski definition) is 4. The average Bonchev–Trinajstić information content (AvgIpc) is 2.66. The van der Waals surface area contributed by atoms with Gasteiger partial charge in [-0.15, -0.1) is 0 Å². The summed E-state index contributed by atoms with van der Waals surface area (Å²) >= 11 is 0. The van der Waals surface area contributed by atoms with Crippen LogP contribution in [0.2, 0.25) is 0 Å². The van der Waals surface area contributed by atoms with Crippen molar-refractivity contribution in [2.24, 2.45) is 0 Å². The molecule has 1 saturated heterocycles. The van der Waals surface area contributed by atoms with E-state index >= 15 is 0 Å². The zero-order chi connectivity index (χ0) is 18.4. The van der Waals surface area contributed by atoms with E-state index in [9.17, 15) is 9.18 Å². The summed E-state index contributed by atoms with van der Waals surface area (Å²) in [5.41, 5.74) is 1.08. The minimum absolute atomic E-state index is 0.00497. The molecule has 0 aromatic heterocycles. The van der Waals surface area contributed by atoms with Crippen molar-refractivity contribution in [3.05, 3.63) is 59.9 Å². The second-order valence-electron chi connectivity index (χ2n) is 6.20. The van der Waals surface area contributed by atoms with Gasteiger partial charge in [0.25, 0.3) is 5.91 Å². The second kappa shape index (κ2) is 8.67. The molecule has 1 unspecified atom stereocenters. The van der Waals surface area contributed by atoms with E-state index < -0.39 is 0 Å². The van der Waals surface area contributed by atoms with Crippen LogP contribution in [0.3, 0.4) is 0 Å². The molecule has 26 heavy (non-hydrogen) atoms. The van der Waals surface area contributed by atoms with E-state index in [4.69, 9.17) is 14.2 Å². The Morgan fingerprint density at radius 1 is 1.19 bits per heavy atom. The van der Waals surface area contributed by atoms with Gasteiger partial charge in [-0.2, -0.15) is 0 Å². The summed E-state index contributed by atoms with van der Waals surface area (Å²) in [6.07, 6.45) is -0.225. The van der Waals surface area contributed by atoms with E-state index in [1.54, 1.807) is 17.0 Å². The maximum atomic E-state index is 12.9. The number of nitrogens with zero attached hydrogens (tertiary/aromatic N) is 1. The predicted molar refractivity (Wildman–Crippen MR) is 94.9 cm³/mol. The molecule has 0 radical (unpaired) electrons. The van der Waals surface area contributed by atoms with E-state index in [0.29, 0.717) is 37.8 Å². The van der Waals surface area contributed by atoms with E-state index in [1.807, 2.05) is 31.2 Å². The molecule has 1 atom stereocenters. The van der Waals surface area contributed by atoms with Gasteiger partial charge in [0.05, 0.1) is 13.2 Å². The lowest BCUT2D eigenvalue weighted by Crippen LogP contribution is -2.49. The summed E-state index contributed by atoms with van der Waals surface area (Å²) in [6, 6.07) is 13.4. The Balaban J connectivity index is 1.46. The van der Waals surface area contributed by atoms with Crippen molar-refractivity contribution in [3.8, 4) is 11.5 Å². The molecule has 2 aromatic rings. The fraction of sp³-hybridized carbons (Fsp3) is 0.350. The van der Waals surface area contributed by atoms with Crippen molar-refractivity contribution in [2.75, 3.05) is 32.9 Å². The number of carbonyl (C=O) groups excluding carboxylic acids is 1. The highest BCUT2D eigenvalue weighted by Gasteiger charge is 2.25. The van der Waals surface area contributed by atoms with Crippen LogP contribution < -0.4 is 9.47 Å². The van der Waals surface area contributed by atoms with E-state index in [2.05, 4.69) is 0 Å². The van der Waals surface area contributed by atoms with Crippen LogP contribution in [0.4, 0.5) is 4.39 Å². The first-order valence-electron chi connectivity index (χ1n) is 8.57. The Bertz CT molecular complexity index is 735. The zero-order valence-corrected chi connectivity index (χ0v) is 14.7. The number of hydrogen-bond donors (Lipinski definition) is 0. The van der Waals surface area contributed by atoms with Gasteiger partial charge in [0.2, 0.25) is 0 Å². The molecule has 6 heteroatoms. The van der Waals surface area contributed by atoms with Crippen LogP contribution in [0.25, 0.3) is 0 Å². The molecular weight excluding hydrogens is 337 g/mol. The third-order valence-electron chi connectivity index (χ3n) is 4.09. The summed E-state index contributed by atoms with van der Waals surface area (Å²) in [7, 11) is 0. The van der Waals surface area contributed by atoms with Crippen LogP contribution in [-0.2, 0) is 9.53 Å². The fourth-order valence-electron chi connectivity index (χ4n) is 2.71. The predicted octanol–water partition coefficient (Wildman–Crippen LogP) is 2.82. The molecule has 1 aliphatic heterocycles. The number of ether oxygens (including phenoxy) is 3. The number of aryl methyl sites for hydroxylation is 1. The molecule has 2 aromatic carbocycles. The minimum Gasteiger partial charge on any atom is -0.491 e. The normalized spacial score (nSPS) is 17.0.